The van der Waals surface area contributed by atoms with Gasteiger partial charge in [0, 0.05) is 18.6 Å². The van der Waals surface area contributed by atoms with Gasteiger partial charge in [0.25, 0.3) is 0 Å². The Bertz CT molecular complexity index is 390. The number of nitrogens with one attached hydrogen (secondary N) is 1. The van der Waals surface area contributed by atoms with Gasteiger partial charge in [-0.05, 0) is 43.6 Å². The fraction of sp³-hybridized carbons (Fsp3) is 0.545. The molecule has 1 heterocycles. The maximum atomic E-state index is 10.9. The molecule has 1 aromatic heterocycles. The van der Waals surface area contributed by atoms with E-state index in [1.54, 1.807) is 12.4 Å². The average Bonchev–Trinajstić information content (AvgIpc) is 2.23. The maximum absolute atomic E-state index is 10.9. The van der Waals surface area contributed by atoms with Crippen LogP contribution in [0.25, 0.3) is 0 Å². The van der Waals surface area contributed by atoms with Crippen LogP contribution in [0.4, 0.5) is 0 Å². The second-order valence-electron chi connectivity index (χ2n) is 3.84. The van der Waals surface area contributed by atoms with Crippen LogP contribution < -0.4 is 5.32 Å². The Labute approximate surface area is 97.0 Å². The van der Waals surface area contributed by atoms with Crippen molar-refractivity contribution in [1.29, 1.82) is 0 Å². The molecule has 0 unspecified atom stereocenters. The quantitative estimate of drug-likeness (QED) is 0.713. The number of aromatic nitrogens is 1. The lowest BCUT2D eigenvalue weighted by atomic mass is 10.2. The molecule has 0 bridgehead atoms. The molecule has 1 aromatic rings. The van der Waals surface area contributed by atoms with Crippen molar-refractivity contribution in [2.24, 2.45) is 0 Å². The van der Waals surface area contributed by atoms with E-state index >= 15 is 0 Å². The van der Waals surface area contributed by atoms with Gasteiger partial charge in [-0.25, -0.2) is 8.42 Å². The summed E-state index contributed by atoms with van der Waals surface area (Å²) in [5, 5.41) is 3.22. The van der Waals surface area contributed by atoms with E-state index in [1.807, 2.05) is 12.1 Å². The predicted molar refractivity (Wildman–Crippen MR) is 65.1 cm³/mol. The fourth-order valence-corrected chi connectivity index (χ4v) is 2.04. The van der Waals surface area contributed by atoms with E-state index in [9.17, 15) is 8.42 Å². The number of sulfone groups is 1. The van der Waals surface area contributed by atoms with Crippen molar-refractivity contribution in [2.75, 3.05) is 25.1 Å². The molecule has 0 fully saturated rings. The standard InChI is InChI=1S/C11H18N2O2S/c1-16(14,15)10-2-6-12-7-3-11-4-8-13-9-5-11/h4-5,8-9,12H,2-3,6-7,10H2,1H3. The summed E-state index contributed by atoms with van der Waals surface area (Å²) in [4.78, 5) is 3.94. The summed E-state index contributed by atoms with van der Waals surface area (Å²) >= 11 is 0. The van der Waals surface area contributed by atoms with Crippen molar-refractivity contribution in [1.82, 2.24) is 10.3 Å². The topological polar surface area (TPSA) is 59.1 Å². The van der Waals surface area contributed by atoms with Crippen molar-refractivity contribution >= 4 is 9.84 Å². The van der Waals surface area contributed by atoms with Crippen molar-refractivity contribution in [3.63, 3.8) is 0 Å². The highest BCUT2D eigenvalue weighted by Crippen LogP contribution is 1.96. The van der Waals surface area contributed by atoms with Crippen LogP contribution in [0.1, 0.15) is 12.0 Å². The second kappa shape index (κ2) is 6.60. The SMILES string of the molecule is CS(=O)(=O)CCCNCCc1ccncc1. The highest BCUT2D eigenvalue weighted by molar-refractivity contribution is 7.90. The van der Waals surface area contributed by atoms with E-state index in [2.05, 4.69) is 10.3 Å². The molecule has 0 aromatic carbocycles. The maximum Gasteiger partial charge on any atom is 0.147 e. The van der Waals surface area contributed by atoms with Gasteiger partial charge >= 0.3 is 0 Å². The van der Waals surface area contributed by atoms with Gasteiger partial charge in [0.05, 0.1) is 5.75 Å². The van der Waals surface area contributed by atoms with E-state index < -0.39 is 9.84 Å². The Morgan fingerprint density at radius 3 is 2.56 bits per heavy atom. The highest BCUT2D eigenvalue weighted by atomic mass is 32.2. The molecule has 4 nitrogen and oxygen atoms in total. The molecule has 0 radical (unpaired) electrons. The zero-order chi connectivity index (χ0) is 11.9. The first-order valence-corrected chi connectivity index (χ1v) is 7.41. The summed E-state index contributed by atoms with van der Waals surface area (Å²) in [5.41, 5.74) is 1.24. The highest BCUT2D eigenvalue weighted by Gasteiger charge is 2.00. The molecule has 0 amide bonds. The van der Waals surface area contributed by atoms with Gasteiger partial charge < -0.3 is 5.32 Å². The number of rotatable bonds is 7. The monoisotopic (exact) mass is 242 g/mol. The summed E-state index contributed by atoms with van der Waals surface area (Å²) in [6.45, 7) is 1.62. The lowest BCUT2D eigenvalue weighted by Gasteiger charge is -2.04. The van der Waals surface area contributed by atoms with E-state index in [0.29, 0.717) is 6.42 Å². The van der Waals surface area contributed by atoms with Crippen LogP contribution in [0, 0.1) is 0 Å². The Balaban J connectivity index is 2.05. The normalized spacial score (nSPS) is 11.6. The summed E-state index contributed by atoms with van der Waals surface area (Å²) in [6.07, 6.45) is 6.44. The van der Waals surface area contributed by atoms with Crippen LogP contribution in [0.2, 0.25) is 0 Å². The number of nitrogens with zero attached hydrogens (tertiary/aromatic N) is 1. The second-order valence-corrected chi connectivity index (χ2v) is 6.10. The zero-order valence-electron chi connectivity index (χ0n) is 9.52. The molecule has 0 atom stereocenters. The molecule has 0 aliphatic carbocycles. The zero-order valence-corrected chi connectivity index (χ0v) is 10.3. The van der Waals surface area contributed by atoms with E-state index in [4.69, 9.17) is 0 Å². The van der Waals surface area contributed by atoms with Gasteiger partial charge in [-0.1, -0.05) is 0 Å². The molecule has 0 saturated heterocycles. The van der Waals surface area contributed by atoms with Crippen LogP contribution >= 0.6 is 0 Å². The Kier molecular flexibility index (Phi) is 5.42. The average molecular weight is 242 g/mol. The molecule has 90 valence electrons. The largest absolute Gasteiger partial charge is 0.316 e. The van der Waals surface area contributed by atoms with Gasteiger partial charge in [-0.15, -0.1) is 0 Å². The van der Waals surface area contributed by atoms with E-state index in [1.165, 1.54) is 11.8 Å². The molecule has 1 N–H and O–H groups in total. The van der Waals surface area contributed by atoms with E-state index in [0.717, 1.165) is 19.5 Å². The van der Waals surface area contributed by atoms with Gasteiger partial charge in [-0.2, -0.15) is 0 Å². The molecule has 0 saturated carbocycles. The minimum absolute atomic E-state index is 0.259. The minimum atomic E-state index is -2.81. The molecular formula is C11H18N2O2S. The van der Waals surface area contributed by atoms with Gasteiger partial charge in [0.1, 0.15) is 9.84 Å². The van der Waals surface area contributed by atoms with Crippen LogP contribution in [-0.2, 0) is 16.3 Å². The lowest BCUT2D eigenvalue weighted by Crippen LogP contribution is -2.20. The summed E-state index contributed by atoms with van der Waals surface area (Å²) < 4.78 is 21.7. The van der Waals surface area contributed by atoms with Gasteiger partial charge in [0.2, 0.25) is 0 Å². The molecule has 5 heteroatoms. The van der Waals surface area contributed by atoms with Crippen molar-refractivity contribution in [3.05, 3.63) is 30.1 Å². The predicted octanol–water partition coefficient (Wildman–Crippen LogP) is 0.648. The lowest BCUT2D eigenvalue weighted by molar-refractivity contribution is 0.594. The third kappa shape index (κ3) is 6.53. The molecule has 0 aliphatic heterocycles. The van der Waals surface area contributed by atoms with Crippen LogP contribution in [0.3, 0.4) is 0 Å². The first kappa shape index (κ1) is 13.1. The Morgan fingerprint density at radius 2 is 1.94 bits per heavy atom. The fourth-order valence-electron chi connectivity index (χ4n) is 1.37. The number of pyridine rings is 1. The Morgan fingerprint density at radius 1 is 1.25 bits per heavy atom. The smallest absolute Gasteiger partial charge is 0.147 e. The van der Waals surface area contributed by atoms with Gasteiger partial charge in [-0.3, -0.25) is 4.98 Å². The third-order valence-corrected chi connectivity index (χ3v) is 3.24. The van der Waals surface area contributed by atoms with Gasteiger partial charge in [0.15, 0.2) is 0 Å². The number of hydrogen-bond donors (Lipinski definition) is 1. The van der Waals surface area contributed by atoms with Crippen molar-refractivity contribution in [2.45, 2.75) is 12.8 Å². The Hall–Kier alpha value is -0.940. The van der Waals surface area contributed by atoms with E-state index in [-0.39, 0.29) is 5.75 Å². The molecular weight excluding hydrogens is 224 g/mol. The summed E-state index contributed by atoms with van der Waals surface area (Å²) in [7, 11) is -2.81. The summed E-state index contributed by atoms with van der Waals surface area (Å²) in [5.74, 6) is 0.259. The molecule has 16 heavy (non-hydrogen) atoms. The van der Waals surface area contributed by atoms with Crippen LogP contribution in [-0.4, -0.2) is 38.5 Å². The first-order valence-electron chi connectivity index (χ1n) is 5.35. The molecule has 0 aliphatic rings. The first-order chi connectivity index (χ1) is 7.58. The minimum Gasteiger partial charge on any atom is -0.316 e. The number of hydrogen-bond acceptors (Lipinski definition) is 4. The van der Waals surface area contributed by atoms with Crippen molar-refractivity contribution < 1.29 is 8.42 Å². The summed E-state index contributed by atoms with van der Waals surface area (Å²) in [6, 6.07) is 3.97. The molecule has 1 rings (SSSR count). The van der Waals surface area contributed by atoms with Crippen LogP contribution in [0.5, 0.6) is 0 Å². The van der Waals surface area contributed by atoms with Crippen LogP contribution in [0.15, 0.2) is 24.5 Å². The molecule has 0 spiro atoms. The van der Waals surface area contributed by atoms with Crippen molar-refractivity contribution in [3.8, 4) is 0 Å². The third-order valence-electron chi connectivity index (χ3n) is 2.21.